The molecule has 0 saturated heterocycles. The van der Waals surface area contributed by atoms with Gasteiger partial charge in [-0.25, -0.2) is 8.78 Å². The molecule has 0 bridgehead atoms. The summed E-state index contributed by atoms with van der Waals surface area (Å²) in [6.45, 7) is 26.7. The monoisotopic (exact) mass is 832 g/mol. The molecule has 318 valence electrons. The number of fused-ring (bicyclic) bond motifs is 4. The molecule has 0 aliphatic carbocycles. The maximum Gasteiger partial charge on any atom is 0.252 e. The van der Waals surface area contributed by atoms with Crippen LogP contribution < -0.4 is 26.2 Å². The molecule has 0 spiro atoms. The standard InChI is InChI=1S/C58H59BF2N2/c1-36-27-52-54-53(28-36)63(49-24-21-39(56(5,6)7)32-46(49)37-17-14-13-15-18-37)51-26-23-41(58(11,12)42-29-43(60)35-44(61)30-42)34-48(51)59(54)47-33-40(57(8,9)10)22-25-50(47)62(52)45-20-16-19-38(31-45)55(2,3)4/h13-35H,1-12H3. The zero-order valence-electron chi connectivity index (χ0n) is 39.0. The predicted octanol–water partition coefficient (Wildman–Crippen LogP) is 14.2. The van der Waals surface area contributed by atoms with E-state index in [0.717, 1.165) is 62.3 Å². The Morgan fingerprint density at radius 3 is 1.52 bits per heavy atom. The predicted molar refractivity (Wildman–Crippen MR) is 265 cm³/mol. The zero-order valence-corrected chi connectivity index (χ0v) is 39.0. The van der Waals surface area contributed by atoms with E-state index in [0.29, 0.717) is 5.56 Å². The molecule has 0 radical (unpaired) electrons. The van der Waals surface area contributed by atoms with Gasteiger partial charge >= 0.3 is 0 Å². The molecule has 2 heterocycles. The highest BCUT2D eigenvalue weighted by Crippen LogP contribution is 2.49. The minimum absolute atomic E-state index is 0.0458. The Bertz CT molecular complexity index is 2910. The molecule has 5 heteroatoms. The highest BCUT2D eigenvalue weighted by Gasteiger charge is 2.45. The fourth-order valence-electron chi connectivity index (χ4n) is 9.77. The van der Waals surface area contributed by atoms with Gasteiger partial charge in [0.05, 0.1) is 5.69 Å². The highest BCUT2D eigenvalue weighted by atomic mass is 19.1. The van der Waals surface area contributed by atoms with Crippen molar-refractivity contribution < 1.29 is 8.78 Å². The van der Waals surface area contributed by atoms with Crippen LogP contribution in [-0.4, -0.2) is 6.71 Å². The van der Waals surface area contributed by atoms with E-state index in [1.165, 1.54) is 45.3 Å². The van der Waals surface area contributed by atoms with Gasteiger partial charge in [0.1, 0.15) is 11.6 Å². The van der Waals surface area contributed by atoms with E-state index in [9.17, 15) is 8.78 Å². The average Bonchev–Trinajstić information content (AvgIpc) is 3.22. The van der Waals surface area contributed by atoms with Crippen molar-refractivity contribution >= 4 is 57.2 Å². The van der Waals surface area contributed by atoms with Gasteiger partial charge in [0, 0.05) is 45.5 Å². The summed E-state index contributed by atoms with van der Waals surface area (Å²) < 4.78 is 29.9. The molecule has 9 rings (SSSR count). The number of anilines is 6. The first-order valence-electron chi connectivity index (χ1n) is 22.4. The van der Waals surface area contributed by atoms with Crippen molar-refractivity contribution in [3.05, 3.63) is 185 Å². The normalized spacial score (nSPS) is 13.8. The summed E-state index contributed by atoms with van der Waals surface area (Å²) in [4.78, 5) is 4.99. The fourth-order valence-corrected chi connectivity index (χ4v) is 9.77. The number of nitrogens with zero attached hydrogens (tertiary/aromatic N) is 2. The Hall–Kier alpha value is -5.94. The van der Waals surface area contributed by atoms with Crippen molar-refractivity contribution in [2.24, 2.45) is 0 Å². The third kappa shape index (κ3) is 7.38. The third-order valence-corrected chi connectivity index (χ3v) is 13.5. The Morgan fingerprint density at radius 2 is 0.921 bits per heavy atom. The third-order valence-electron chi connectivity index (χ3n) is 13.5. The van der Waals surface area contributed by atoms with Crippen molar-refractivity contribution in [2.45, 2.75) is 105 Å². The first kappa shape index (κ1) is 42.4. The lowest BCUT2D eigenvalue weighted by Gasteiger charge is -2.45. The maximum atomic E-state index is 14.9. The Kier molecular flexibility index (Phi) is 9.97. The van der Waals surface area contributed by atoms with Crippen molar-refractivity contribution in [3.63, 3.8) is 0 Å². The number of hydrogen-bond donors (Lipinski definition) is 0. The maximum absolute atomic E-state index is 14.9. The minimum atomic E-state index is -0.715. The van der Waals surface area contributed by atoms with Crippen LogP contribution in [0.3, 0.4) is 0 Å². The van der Waals surface area contributed by atoms with E-state index in [4.69, 9.17) is 0 Å². The summed E-state index contributed by atoms with van der Waals surface area (Å²) in [6.07, 6.45) is 0. The van der Waals surface area contributed by atoms with Crippen molar-refractivity contribution in [1.29, 1.82) is 0 Å². The second-order valence-electron chi connectivity index (χ2n) is 21.5. The molecule has 0 aromatic heterocycles. The quantitative estimate of drug-likeness (QED) is 0.159. The van der Waals surface area contributed by atoms with Crippen molar-refractivity contribution in [3.8, 4) is 11.1 Å². The SMILES string of the molecule is Cc1cc2c3c(c1)N(c1ccc(C(C)(C)C)cc1-c1ccccc1)c1ccc(C(C)(C)c4cc(F)cc(F)c4)cc1B3c1cc(C(C)(C)C)ccc1N2c1cccc(C(C)(C)C)c1. The molecule has 63 heavy (non-hydrogen) atoms. The lowest BCUT2D eigenvalue weighted by atomic mass is 9.33. The molecule has 0 atom stereocenters. The van der Waals surface area contributed by atoms with Gasteiger partial charge in [-0.2, -0.15) is 0 Å². The molecule has 7 aromatic rings. The summed E-state index contributed by atoms with van der Waals surface area (Å²) in [5.74, 6) is -1.15. The molecule has 0 N–H and O–H groups in total. The van der Waals surface area contributed by atoms with Gasteiger partial charge in [-0.1, -0.05) is 149 Å². The summed E-state index contributed by atoms with van der Waals surface area (Å²) in [5, 5.41) is 0. The molecule has 7 aromatic carbocycles. The van der Waals surface area contributed by atoms with Gasteiger partial charge in [-0.15, -0.1) is 0 Å². The summed E-state index contributed by atoms with van der Waals surface area (Å²) in [5.41, 5.74) is 18.3. The van der Waals surface area contributed by atoms with Gasteiger partial charge in [0.15, 0.2) is 0 Å². The number of halogens is 2. The molecule has 0 saturated carbocycles. The summed E-state index contributed by atoms with van der Waals surface area (Å²) in [7, 11) is 0. The Morgan fingerprint density at radius 1 is 0.413 bits per heavy atom. The first-order valence-corrected chi connectivity index (χ1v) is 22.4. The van der Waals surface area contributed by atoms with Crippen LogP contribution in [0.15, 0.2) is 140 Å². The van der Waals surface area contributed by atoms with E-state index in [-0.39, 0.29) is 23.0 Å². The molecule has 0 unspecified atom stereocenters. The highest BCUT2D eigenvalue weighted by molar-refractivity contribution is 7.00. The molecular formula is C58H59BF2N2. The van der Waals surface area contributed by atoms with Crippen LogP contribution in [0.25, 0.3) is 11.1 Å². The van der Waals surface area contributed by atoms with Gasteiger partial charge in [0.25, 0.3) is 6.71 Å². The second kappa shape index (κ2) is 14.8. The van der Waals surface area contributed by atoms with Gasteiger partial charge in [-0.05, 0) is 139 Å². The summed E-state index contributed by atoms with van der Waals surface area (Å²) in [6, 6.07) is 49.2. The molecule has 2 aliphatic heterocycles. The van der Waals surface area contributed by atoms with E-state index in [1.807, 2.05) is 0 Å². The number of rotatable bonds is 5. The van der Waals surface area contributed by atoms with Crippen molar-refractivity contribution in [1.82, 2.24) is 0 Å². The molecule has 0 fully saturated rings. The largest absolute Gasteiger partial charge is 0.311 e. The minimum Gasteiger partial charge on any atom is -0.311 e. The molecule has 2 aliphatic rings. The molecule has 0 amide bonds. The van der Waals surface area contributed by atoms with Crippen LogP contribution in [0.1, 0.15) is 110 Å². The van der Waals surface area contributed by atoms with Crippen LogP contribution >= 0.6 is 0 Å². The fraction of sp³-hybridized carbons (Fsp3) is 0.276. The van der Waals surface area contributed by atoms with Crippen LogP contribution in [-0.2, 0) is 21.7 Å². The van der Waals surface area contributed by atoms with Gasteiger partial charge in [0.2, 0.25) is 0 Å². The number of aryl methyl sites for hydroxylation is 1. The number of benzene rings is 7. The molecule has 2 nitrogen and oxygen atoms in total. The van der Waals surface area contributed by atoms with E-state index >= 15 is 0 Å². The lowest BCUT2D eigenvalue weighted by molar-refractivity contribution is 0.561. The van der Waals surface area contributed by atoms with Gasteiger partial charge < -0.3 is 9.80 Å². The van der Waals surface area contributed by atoms with Crippen LogP contribution in [0, 0.1) is 18.6 Å². The van der Waals surface area contributed by atoms with E-state index in [1.54, 1.807) is 0 Å². The van der Waals surface area contributed by atoms with Crippen LogP contribution in [0.2, 0.25) is 0 Å². The second-order valence-corrected chi connectivity index (χ2v) is 21.5. The van der Waals surface area contributed by atoms with Crippen molar-refractivity contribution in [2.75, 3.05) is 9.80 Å². The van der Waals surface area contributed by atoms with E-state index < -0.39 is 17.0 Å². The molecular weight excluding hydrogens is 773 g/mol. The summed E-state index contributed by atoms with van der Waals surface area (Å²) >= 11 is 0. The average molecular weight is 833 g/mol. The lowest BCUT2D eigenvalue weighted by Crippen LogP contribution is -2.61. The van der Waals surface area contributed by atoms with E-state index in [2.05, 4.69) is 214 Å². The Balaban J connectivity index is 1.41. The first-order chi connectivity index (χ1) is 29.6. The van der Waals surface area contributed by atoms with Crippen LogP contribution in [0.5, 0.6) is 0 Å². The number of hydrogen-bond acceptors (Lipinski definition) is 2. The topological polar surface area (TPSA) is 6.48 Å². The van der Waals surface area contributed by atoms with Gasteiger partial charge in [-0.3, -0.25) is 0 Å². The Labute approximate surface area is 374 Å². The smallest absolute Gasteiger partial charge is 0.252 e. The zero-order chi connectivity index (χ0) is 45.0. The van der Waals surface area contributed by atoms with Crippen LogP contribution in [0.4, 0.5) is 42.9 Å².